The van der Waals surface area contributed by atoms with Gasteiger partial charge in [0.1, 0.15) is 0 Å². The summed E-state index contributed by atoms with van der Waals surface area (Å²) in [5.74, 6) is 0.871. The zero-order valence-electron chi connectivity index (χ0n) is 14.6. The Hall–Kier alpha value is -1.55. The normalized spacial score (nSPS) is 16.7. The Labute approximate surface area is 135 Å². The quantitative estimate of drug-likeness (QED) is 0.626. The van der Waals surface area contributed by atoms with E-state index in [9.17, 15) is 0 Å². The third-order valence-corrected chi connectivity index (χ3v) is 4.55. The highest BCUT2D eigenvalue weighted by atomic mass is 15.2. The van der Waals surface area contributed by atoms with Crippen molar-refractivity contribution in [2.45, 2.75) is 52.2 Å². The lowest BCUT2D eigenvalue weighted by Gasteiger charge is -2.25. The molecule has 1 fully saturated rings. The third kappa shape index (κ3) is 4.73. The number of hydrogen-bond donors (Lipinski definition) is 2. The average Bonchev–Trinajstić information content (AvgIpc) is 3.32. The molecule has 1 aliphatic carbocycles. The zero-order valence-corrected chi connectivity index (χ0v) is 14.6. The Morgan fingerprint density at radius 2 is 2.05 bits per heavy atom. The van der Waals surface area contributed by atoms with Crippen LogP contribution >= 0.6 is 0 Å². The molecule has 1 aliphatic rings. The van der Waals surface area contributed by atoms with Gasteiger partial charge in [-0.2, -0.15) is 0 Å². The number of rotatable bonds is 6. The Kier molecular flexibility index (Phi) is 5.83. The SMILES string of the molecule is CN=C(NCc1ccc(C)cc1C)NCC(C)N(C)C1CC1. The highest BCUT2D eigenvalue weighted by molar-refractivity contribution is 5.79. The molecule has 0 aromatic heterocycles. The van der Waals surface area contributed by atoms with Crippen molar-refractivity contribution in [3.8, 4) is 0 Å². The van der Waals surface area contributed by atoms with Crippen molar-refractivity contribution in [1.29, 1.82) is 0 Å². The average molecular weight is 302 g/mol. The van der Waals surface area contributed by atoms with Crippen LogP contribution in [0.2, 0.25) is 0 Å². The van der Waals surface area contributed by atoms with Gasteiger partial charge >= 0.3 is 0 Å². The summed E-state index contributed by atoms with van der Waals surface area (Å²) in [6.45, 7) is 8.27. The molecule has 2 N–H and O–H groups in total. The van der Waals surface area contributed by atoms with Gasteiger partial charge in [0.25, 0.3) is 0 Å². The molecule has 0 aliphatic heterocycles. The zero-order chi connectivity index (χ0) is 16.1. The molecule has 1 aromatic carbocycles. The summed E-state index contributed by atoms with van der Waals surface area (Å²) in [4.78, 5) is 6.78. The minimum absolute atomic E-state index is 0.521. The van der Waals surface area contributed by atoms with Crippen molar-refractivity contribution in [3.63, 3.8) is 0 Å². The van der Waals surface area contributed by atoms with Crippen LogP contribution in [0.3, 0.4) is 0 Å². The highest BCUT2D eigenvalue weighted by Gasteiger charge is 2.28. The molecule has 22 heavy (non-hydrogen) atoms. The van der Waals surface area contributed by atoms with E-state index in [1.165, 1.54) is 29.5 Å². The van der Waals surface area contributed by atoms with Gasteiger partial charge in [-0.1, -0.05) is 23.8 Å². The van der Waals surface area contributed by atoms with Crippen LogP contribution in [0.1, 0.15) is 36.5 Å². The molecule has 2 rings (SSSR count). The van der Waals surface area contributed by atoms with Crippen molar-refractivity contribution in [1.82, 2.24) is 15.5 Å². The van der Waals surface area contributed by atoms with E-state index in [1.807, 2.05) is 7.05 Å². The Morgan fingerprint density at radius 3 is 2.64 bits per heavy atom. The molecule has 1 saturated carbocycles. The summed E-state index contributed by atoms with van der Waals surface area (Å²) in [7, 11) is 4.04. The van der Waals surface area contributed by atoms with Gasteiger partial charge in [-0.15, -0.1) is 0 Å². The van der Waals surface area contributed by atoms with E-state index >= 15 is 0 Å². The van der Waals surface area contributed by atoms with E-state index in [0.717, 1.165) is 25.1 Å². The second-order valence-electron chi connectivity index (χ2n) is 6.48. The Bertz CT molecular complexity index is 520. The standard InChI is InChI=1S/C18H30N4/c1-13-6-7-16(14(2)10-13)12-21-18(19-4)20-11-15(3)22(5)17-8-9-17/h6-7,10,15,17H,8-9,11-12H2,1-5H3,(H2,19,20,21). The van der Waals surface area contributed by atoms with E-state index in [2.05, 4.69) is 66.5 Å². The van der Waals surface area contributed by atoms with Crippen LogP contribution in [0.15, 0.2) is 23.2 Å². The lowest BCUT2D eigenvalue weighted by atomic mass is 10.1. The predicted molar refractivity (Wildman–Crippen MR) is 94.4 cm³/mol. The Balaban J connectivity index is 1.79. The maximum absolute atomic E-state index is 4.32. The molecule has 0 amide bonds. The fraction of sp³-hybridized carbons (Fsp3) is 0.611. The monoisotopic (exact) mass is 302 g/mol. The van der Waals surface area contributed by atoms with Gasteiger partial charge in [0, 0.05) is 32.2 Å². The molecule has 0 heterocycles. The molecule has 4 heteroatoms. The summed E-state index contributed by atoms with van der Waals surface area (Å²) in [6.07, 6.45) is 2.70. The van der Waals surface area contributed by atoms with Crippen LogP contribution in [0.25, 0.3) is 0 Å². The molecule has 1 atom stereocenters. The fourth-order valence-corrected chi connectivity index (χ4v) is 2.67. The number of hydrogen-bond acceptors (Lipinski definition) is 2. The van der Waals surface area contributed by atoms with Crippen LogP contribution in [-0.2, 0) is 6.54 Å². The molecular weight excluding hydrogens is 272 g/mol. The molecule has 1 aromatic rings. The summed E-state index contributed by atoms with van der Waals surface area (Å²) in [5.41, 5.74) is 3.95. The van der Waals surface area contributed by atoms with Crippen LogP contribution in [0, 0.1) is 13.8 Å². The lowest BCUT2D eigenvalue weighted by Crippen LogP contribution is -2.45. The number of benzene rings is 1. The maximum Gasteiger partial charge on any atom is 0.191 e. The van der Waals surface area contributed by atoms with Gasteiger partial charge in [0.15, 0.2) is 5.96 Å². The number of nitrogens with one attached hydrogen (secondary N) is 2. The second-order valence-corrected chi connectivity index (χ2v) is 6.48. The summed E-state index contributed by atoms with van der Waals surface area (Å²) in [5, 5.41) is 6.84. The molecule has 0 saturated heterocycles. The number of nitrogens with zero attached hydrogens (tertiary/aromatic N) is 2. The van der Waals surface area contributed by atoms with E-state index in [0.29, 0.717) is 6.04 Å². The van der Waals surface area contributed by atoms with Gasteiger partial charge in [0.05, 0.1) is 0 Å². The number of guanidine groups is 1. The van der Waals surface area contributed by atoms with Crippen LogP contribution in [0.4, 0.5) is 0 Å². The maximum atomic E-state index is 4.32. The topological polar surface area (TPSA) is 39.7 Å². The largest absolute Gasteiger partial charge is 0.355 e. The second kappa shape index (κ2) is 7.63. The van der Waals surface area contributed by atoms with Gasteiger partial charge in [0.2, 0.25) is 0 Å². The smallest absolute Gasteiger partial charge is 0.191 e. The van der Waals surface area contributed by atoms with Gasteiger partial charge in [-0.25, -0.2) is 0 Å². The minimum Gasteiger partial charge on any atom is -0.355 e. The highest BCUT2D eigenvalue weighted by Crippen LogP contribution is 2.26. The van der Waals surface area contributed by atoms with Crippen molar-refractivity contribution in [2.75, 3.05) is 20.6 Å². The van der Waals surface area contributed by atoms with Crippen molar-refractivity contribution in [3.05, 3.63) is 34.9 Å². The molecular formula is C18H30N4. The van der Waals surface area contributed by atoms with E-state index in [4.69, 9.17) is 0 Å². The molecule has 122 valence electrons. The van der Waals surface area contributed by atoms with E-state index in [1.54, 1.807) is 0 Å². The lowest BCUT2D eigenvalue weighted by molar-refractivity contribution is 0.247. The van der Waals surface area contributed by atoms with Gasteiger partial charge in [-0.05, 0) is 51.8 Å². The Morgan fingerprint density at radius 1 is 1.32 bits per heavy atom. The minimum atomic E-state index is 0.521. The fourth-order valence-electron chi connectivity index (χ4n) is 2.67. The van der Waals surface area contributed by atoms with Crippen LogP contribution in [-0.4, -0.2) is 43.6 Å². The van der Waals surface area contributed by atoms with Crippen molar-refractivity contribution >= 4 is 5.96 Å². The predicted octanol–water partition coefficient (Wildman–Crippen LogP) is 2.45. The molecule has 0 bridgehead atoms. The van der Waals surface area contributed by atoms with E-state index < -0.39 is 0 Å². The first-order chi connectivity index (χ1) is 10.5. The van der Waals surface area contributed by atoms with Crippen LogP contribution < -0.4 is 10.6 Å². The summed E-state index contributed by atoms with van der Waals surface area (Å²) in [6, 6.07) is 7.88. The number of aliphatic imine (C=N–C) groups is 1. The van der Waals surface area contributed by atoms with Crippen LogP contribution in [0.5, 0.6) is 0 Å². The van der Waals surface area contributed by atoms with E-state index in [-0.39, 0.29) is 0 Å². The first-order valence-electron chi connectivity index (χ1n) is 8.24. The summed E-state index contributed by atoms with van der Waals surface area (Å²) < 4.78 is 0. The van der Waals surface area contributed by atoms with Crippen molar-refractivity contribution in [2.24, 2.45) is 4.99 Å². The molecule has 0 spiro atoms. The molecule has 4 nitrogen and oxygen atoms in total. The first kappa shape index (κ1) is 16.8. The third-order valence-electron chi connectivity index (χ3n) is 4.55. The number of aryl methyl sites for hydroxylation is 2. The molecule has 0 radical (unpaired) electrons. The molecule has 1 unspecified atom stereocenters. The summed E-state index contributed by atoms with van der Waals surface area (Å²) >= 11 is 0. The van der Waals surface area contributed by atoms with Gasteiger partial charge < -0.3 is 10.6 Å². The van der Waals surface area contributed by atoms with Crippen molar-refractivity contribution < 1.29 is 0 Å². The number of likely N-dealkylation sites (N-methyl/N-ethyl adjacent to an activating group) is 1. The van der Waals surface area contributed by atoms with Gasteiger partial charge in [-0.3, -0.25) is 9.89 Å². The first-order valence-corrected chi connectivity index (χ1v) is 8.24.